The van der Waals surface area contributed by atoms with Crippen LogP contribution < -0.4 is 15.2 Å². The molecule has 6 nitrogen and oxygen atoms in total. The Morgan fingerprint density at radius 3 is 2.55 bits per heavy atom. The highest BCUT2D eigenvalue weighted by Gasteiger charge is 2.47. The maximum Gasteiger partial charge on any atom is 0.283 e. The van der Waals surface area contributed by atoms with Gasteiger partial charge in [0.25, 0.3) is 6.02 Å². The third-order valence-electron chi connectivity index (χ3n) is 5.93. The predicted molar refractivity (Wildman–Crippen MR) is 119 cm³/mol. The summed E-state index contributed by atoms with van der Waals surface area (Å²) in [6.45, 7) is 0.300. The first-order valence-electron chi connectivity index (χ1n) is 10.0. The van der Waals surface area contributed by atoms with Gasteiger partial charge in [-0.05, 0) is 48.0 Å². The van der Waals surface area contributed by atoms with E-state index in [0.29, 0.717) is 6.61 Å². The van der Waals surface area contributed by atoms with Crippen LogP contribution in [0.5, 0.6) is 17.2 Å². The molecule has 0 saturated heterocycles. The van der Waals surface area contributed by atoms with Crippen LogP contribution in [-0.2, 0) is 10.3 Å². The molecule has 6 heteroatoms. The lowest BCUT2D eigenvalue weighted by Crippen LogP contribution is -2.31. The Labute approximate surface area is 178 Å². The van der Waals surface area contributed by atoms with E-state index in [4.69, 9.17) is 24.9 Å². The Morgan fingerprint density at radius 1 is 0.935 bits per heavy atom. The summed E-state index contributed by atoms with van der Waals surface area (Å²) in [5, 5.41) is 1.09. The van der Waals surface area contributed by atoms with Crippen LogP contribution in [0, 0.1) is 0 Å². The Bertz CT molecular complexity index is 1380. The first kappa shape index (κ1) is 17.8. The summed E-state index contributed by atoms with van der Waals surface area (Å²) in [5.74, 6) is 2.17. The average molecular weight is 409 g/mol. The second-order valence-electron chi connectivity index (χ2n) is 7.69. The summed E-state index contributed by atoms with van der Waals surface area (Å²) in [4.78, 5) is 9.35. The van der Waals surface area contributed by atoms with Crippen molar-refractivity contribution in [3.8, 4) is 28.4 Å². The van der Waals surface area contributed by atoms with E-state index in [0.717, 1.165) is 50.4 Å². The number of hydrogen-bond acceptors (Lipinski definition) is 6. The molecule has 1 atom stereocenters. The van der Waals surface area contributed by atoms with E-state index in [-0.39, 0.29) is 6.02 Å². The Balaban J connectivity index is 1.55. The average Bonchev–Trinajstić information content (AvgIpc) is 3.21. The summed E-state index contributed by atoms with van der Waals surface area (Å²) in [6, 6.07) is 22.2. The molecule has 2 aliphatic rings. The maximum absolute atomic E-state index is 6.22. The molecule has 31 heavy (non-hydrogen) atoms. The van der Waals surface area contributed by atoms with Crippen LogP contribution in [0.1, 0.15) is 11.1 Å². The topological polar surface area (TPSA) is 79.0 Å². The van der Waals surface area contributed by atoms with Gasteiger partial charge in [-0.25, -0.2) is 4.99 Å². The van der Waals surface area contributed by atoms with Crippen LogP contribution in [0.25, 0.3) is 22.0 Å². The number of fused-ring (bicyclic) bond motifs is 5. The van der Waals surface area contributed by atoms with Gasteiger partial charge in [-0.15, -0.1) is 0 Å². The molecule has 0 amide bonds. The standard InChI is InChI=1S/C25H19N3O3/c1-29-18-7-9-23-20(12-18)25(14-30-24(26)28-25)19-11-15(6-8-22(19)31-23)17-10-16-4-2-3-5-21(16)27-13-17/h2-13H,14H2,1H3,(H2,26,28)/t25-/m0/s1. The minimum absolute atomic E-state index is 0.166. The van der Waals surface area contributed by atoms with Crippen molar-refractivity contribution in [2.24, 2.45) is 10.7 Å². The fraction of sp³-hybridized carbons (Fsp3) is 0.120. The van der Waals surface area contributed by atoms with E-state index in [1.165, 1.54) is 0 Å². The van der Waals surface area contributed by atoms with Gasteiger partial charge < -0.3 is 19.9 Å². The number of benzene rings is 3. The van der Waals surface area contributed by atoms with E-state index in [1.807, 2.05) is 54.7 Å². The lowest BCUT2D eigenvalue weighted by molar-refractivity contribution is 0.264. The van der Waals surface area contributed by atoms with Crippen LogP contribution in [0.4, 0.5) is 0 Å². The van der Waals surface area contributed by atoms with E-state index in [9.17, 15) is 0 Å². The molecular weight excluding hydrogens is 390 g/mol. The number of aliphatic imine (C=N–C) groups is 1. The van der Waals surface area contributed by atoms with Crippen molar-refractivity contribution in [1.82, 2.24) is 4.98 Å². The predicted octanol–water partition coefficient (Wildman–Crippen LogP) is 4.60. The van der Waals surface area contributed by atoms with Gasteiger partial charge in [-0.2, -0.15) is 0 Å². The summed E-state index contributed by atoms with van der Waals surface area (Å²) in [7, 11) is 1.64. The zero-order valence-corrected chi connectivity index (χ0v) is 16.8. The van der Waals surface area contributed by atoms with Gasteiger partial charge in [-0.3, -0.25) is 4.98 Å². The quantitative estimate of drug-likeness (QED) is 0.523. The van der Waals surface area contributed by atoms with Crippen molar-refractivity contribution >= 4 is 16.9 Å². The van der Waals surface area contributed by atoms with Crippen molar-refractivity contribution in [2.45, 2.75) is 5.54 Å². The van der Waals surface area contributed by atoms with Gasteiger partial charge in [0.15, 0.2) is 5.54 Å². The van der Waals surface area contributed by atoms with Crippen molar-refractivity contribution in [2.75, 3.05) is 13.7 Å². The number of rotatable bonds is 2. The molecule has 3 heterocycles. The lowest BCUT2D eigenvalue weighted by Gasteiger charge is -2.34. The Kier molecular flexibility index (Phi) is 3.71. The number of amidine groups is 1. The van der Waals surface area contributed by atoms with Gasteiger partial charge >= 0.3 is 0 Å². The number of para-hydroxylation sites is 1. The van der Waals surface area contributed by atoms with Crippen LogP contribution in [0.3, 0.4) is 0 Å². The Hall–Kier alpha value is -4.06. The van der Waals surface area contributed by atoms with E-state index in [1.54, 1.807) is 7.11 Å². The highest BCUT2D eigenvalue weighted by Crippen LogP contribution is 2.52. The molecule has 4 aromatic rings. The van der Waals surface area contributed by atoms with Gasteiger partial charge in [0.2, 0.25) is 0 Å². The van der Waals surface area contributed by atoms with Crippen LogP contribution in [0.15, 0.2) is 77.9 Å². The molecule has 2 aliphatic heterocycles. The number of ether oxygens (including phenoxy) is 3. The molecular formula is C25H19N3O3. The van der Waals surface area contributed by atoms with Gasteiger partial charge in [0, 0.05) is 28.3 Å². The number of aromatic nitrogens is 1. The fourth-order valence-corrected chi connectivity index (χ4v) is 4.37. The fourth-order valence-electron chi connectivity index (χ4n) is 4.37. The minimum Gasteiger partial charge on any atom is -0.497 e. The number of methoxy groups -OCH3 is 1. The lowest BCUT2D eigenvalue weighted by atomic mass is 9.80. The van der Waals surface area contributed by atoms with Gasteiger partial charge in [0.05, 0.1) is 12.6 Å². The van der Waals surface area contributed by atoms with Crippen LogP contribution >= 0.6 is 0 Å². The molecule has 0 fully saturated rings. The molecule has 1 spiro atoms. The Morgan fingerprint density at radius 2 is 1.74 bits per heavy atom. The number of nitrogens with two attached hydrogens (primary N) is 1. The van der Waals surface area contributed by atoms with E-state index >= 15 is 0 Å². The van der Waals surface area contributed by atoms with Crippen molar-refractivity contribution in [3.05, 3.63) is 84.1 Å². The molecule has 2 N–H and O–H groups in total. The molecule has 152 valence electrons. The molecule has 0 radical (unpaired) electrons. The highest BCUT2D eigenvalue weighted by atomic mass is 16.5. The molecule has 1 aromatic heterocycles. The normalized spacial score (nSPS) is 18.7. The van der Waals surface area contributed by atoms with Crippen LogP contribution in [0.2, 0.25) is 0 Å². The summed E-state index contributed by atoms with van der Waals surface area (Å²) >= 11 is 0. The monoisotopic (exact) mass is 409 g/mol. The van der Waals surface area contributed by atoms with E-state index < -0.39 is 5.54 Å². The van der Waals surface area contributed by atoms with Gasteiger partial charge in [0.1, 0.15) is 23.9 Å². The molecule has 0 bridgehead atoms. The highest BCUT2D eigenvalue weighted by molar-refractivity contribution is 5.84. The number of hydrogen-bond donors (Lipinski definition) is 1. The summed E-state index contributed by atoms with van der Waals surface area (Å²) < 4.78 is 17.3. The second-order valence-corrected chi connectivity index (χ2v) is 7.69. The molecule has 0 unspecified atom stereocenters. The molecule has 3 aromatic carbocycles. The first-order chi connectivity index (χ1) is 15.2. The summed E-state index contributed by atoms with van der Waals surface area (Å²) in [6.07, 6.45) is 1.89. The number of pyridine rings is 1. The second kappa shape index (κ2) is 6.47. The number of nitrogens with zero attached hydrogens (tertiary/aromatic N) is 2. The SMILES string of the molecule is COc1ccc2c(c1)[C@]1(COC(N)=N1)c1cc(-c3cnc4ccccc4c3)ccc1O2. The molecule has 0 aliphatic carbocycles. The zero-order chi connectivity index (χ0) is 21.0. The smallest absolute Gasteiger partial charge is 0.283 e. The zero-order valence-electron chi connectivity index (χ0n) is 16.8. The third kappa shape index (κ3) is 2.65. The van der Waals surface area contributed by atoms with Crippen LogP contribution in [-0.4, -0.2) is 24.7 Å². The minimum atomic E-state index is -0.790. The van der Waals surface area contributed by atoms with Crippen molar-refractivity contribution in [3.63, 3.8) is 0 Å². The summed E-state index contributed by atoms with van der Waals surface area (Å²) in [5.41, 5.74) is 9.97. The van der Waals surface area contributed by atoms with Crippen molar-refractivity contribution in [1.29, 1.82) is 0 Å². The first-order valence-corrected chi connectivity index (χ1v) is 10.0. The largest absolute Gasteiger partial charge is 0.497 e. The molecule has 6 rings (SSSR count). The van der Waals surface area contributed by atoms with E-state index in [2.05, 4.69) is 23.2 Å². The molecule has 0 saturated carbocycles. The maximum atomic E-state index is 6.22. The van der Waals surface area contributed by atoms with Gasteiger partial charge in [-0.1, -0.05) is 24.3 Å². The third-order valence-corrected chi connectivity index (χ3v) is 5.93. The van der Waals surface area contributed by atoms with Crippen molar-refractivity contribution < 1.29 is 14.2 Å².